The molecule has 0 radical (unpaired) electrons. The zero-order valence-corrected chi connectivity index (χ0v) is 8.83. The van der Waals surface area contributed by atoms with Gasteiger partial charge in [-0.15, -0.1) is 0 Å². The highest BCUT2D eigenvalue weighted by molar-refractivity contribution is 6.65. The number of hydrogen-bond acceptors (Lipinski definition) is 3. The van der Waals surface area contributed by atoms with E-state index >= 15 is 0 Å². The third-order valence-electron chi connectivity index (χ3n) is 1.35. The van der Waals surface area contributed by atoms with Crippen LogP contribution in [0, 0.1) is 5.92 Å². The lowest BCUT2D eigenvalue weighted by Crippen LogP contribution is -2.10. The van der Waals surface area contributed by atoms with Crippen molar-refractivity contribution in [1.82, 2.24) is 0 Å². The molecule has 0 aromatic rings. The molecule has 0 aromatic heterocycles. The van der Waals surface area contributed by atoms with Crippen molar-refractivity contribution in [3.05, 3.63) is 0 Å². The van der Waals surface area contributed by atoms with Crippen LogP contribution in [0.15, 0.2) is 0 Å². The fourth-order valence-corrected chi connectivity index (χ4v) is 1.55. The standard InChI is InChI=1S/C7H7Cl3O3/c8-5(11)1-4(2-6(9)12)3-7(10)13/h4H,1-3H2. The van der Waals surface area contributed by atoms with Crippen molar-refractivity contribution in [3.63, 3.8) is 0 Å². The Hall–Kier alpha value is -0.120. The van der Waals surface area contributed by atoms with Gasteiger partial charge in [-0.05, 0) is 40.7 Å². The lowest BCUT2D eigenvalue weighted by Gasteiger charge is -2.08. The molecule has 0 bridgehead atoms. The van der Waals surface area contributed by atoms with Crippen molar-refractivity contribution in [2.75, 3.05) is 0 Å². The summed E-state index contributed by atoms with van der Waals surface area (Å²) >= 11 is 15.3. The molecule has 0 unspecified atom stereocenters. The molecule has 0 aliphatic carbocycles. The lowest BCUT2D eigenvalue weighted by atomic mass is 10.00. The summed E-state index contributed by atoms with van der Waals surface area (Å²) in [5, 5.41) is -1.83. The van der Waals surface area contributed by atoms with E-state index in [0.717, 1.165) is 0 Å². The summed E-state index contributed by atoms with van der Waals surface area (Å²) in [5.74, 6) is -0.486. The Morgan fingerprint density at radius 2 is 1.00 bits per heavy atom. The highest BCUT2D eigenvalue weighted by Gasteiger charge is 2.18. The fraction of sp³-hybridized carbons (Fsp3) is 0.571. The molecule has 74 valence electrons. The topological polar surface area (TPSA) is 51.2 Å². The van der Waals surface area contributed by atoms with E-state index in [-0.39, 0.29) is 19.3 Å². The molecule has 0 heterocycles. The van der Waals surface area contributed by atoms with Crippen LogP contribution in [-0.2, 0) is 14.4 Å². The highest BCUT2D eigenvalue weighted by Crippen LogP contribution is 2.18. The van der Waals surface area contributed by atoms with Gasteiger partial charge in [0.15, 0.2) is 0 Å². The molecule has 0 aliphatic heterocycles. The minimum atomic E-state index is -0.610. The number of rotatable bonds is 6. The van der Waals surface area contributed by atoms with E-state index in [1.165, 1.54) is 0 Å². The summed E-state index contributed by atoms with van der Waals surface area (Å²) in [4.78, 5) is 31.4. The van der Waals surface area contributed by atoms with E-state index in [0.29, 0.717) is 0 Å². The van der Waals surface area contributed by atoms with Crippen molar-refractivity contribution in [2.24, 2.45) is 5.92 Å². The molecule has 6 heteroatoms. The molecule has 3 nitrogen and oxygen atoms in total. The van der Waals surface area contributed by atoms with Crippen molar-refractivity contribution in [1.29, 1.82) is 0 Å². The van der Waals surface area contributed by atoms with Crippen LogP contribution < -0.4 is 0 Å². The largest absolute Gasteiger partial charge is 0.281 e. The summed E-state index contributed by atoms with van der Waals surface area (Å²) in [5.41, 5.74) is 0. The molecule has 0 atom stereocenters. The molecule has 0 amide bonds. The third-order valence-corrected chi connectivity index (χ3v) is 1.81. The van der Waals surface area contributed by atoms with Gasteiger partial charge in [-0.25, -0.2) is 0 Å². The van der Waals surface area contributed by atoms with Crippen molar-refractivity contribution in [2.45, 2.75) is 19.3 Å². The smallest absolute Gasteiger partial charge is 0.221 e. The first kappa shape index (κ1) is 12.9. The van der Waals surface area contributed by atoms with E-state index in [4.69, 9.17) is 34.8 Å². The summed E-state index contributed by atoms with van der Waals surface area (Å²) in [6, 6.07) is 0. The van der Waals surface area contributed by atoms with Crippen LogP contribution in [0.25, 0.3) is 0 Å². The zero-order chi connectivity index (χ0) is 10.4. The molecule has 13 heavy (non-hydrogen) atoms. The van der Waals surface area contributed by atoms with Crippen molar-refractivity contribution >= 4 is 50.5 Å². The van der Waals surface area contributed by atoms with Gasteiger partial charge in [0, 0.05) is 19.3 Å². The molecule has 0 rings (SSSR count). The van der Waals surface area contributed by atoms with Gasteiger partial charge in [0.2, 0.25) is 15.7 Å². The van der Waals surface area contributed by atoms with Crippen LogP contribution in [0.4, 0.5) is 0 Å². The van der Waals surface area contributed by atoms with Gasteiger partial charge >= 0.3 is 0 Å². The van der Waals surface area contributed by atoms with Gasteiger partial charge in [0.05, 0.1) is 0 Å². The zero-order valence-electron chi connectivity index (χ0n) is 6.56. The summed E-state index contributed by atoms with van der Waals surface area (Å²) < 4.78 is 0. The number of halogens is 3. The van der Waals surface area contributed by atoms with Gasteiger partial charge in [0.1, 0.15) is 0 Å². The average Bonchev–Trinajstić information content (AvgIpc) is 1.80. The number of carbonyl (C=O) groups is 3. The minimum Gasteiger partial charge on any atom is -0.281 e. The van der Waals surface area contributed by atoms with Crippen LogP contribution in [0.5, 0.6) is 0 Å². The van der Waals surface area contributed by atoms with Gasteiger partial charge < -0.3 is 0 Å². The molecular weight excluding hydrogens is 238 g/mol. The Balaban J connectivity index is 4.10. The first-order chi connectivity index (χ1) is 5.91. The van der Waals surface area contributed by atoms with Gasteiger partial charge in [0.25, 0.3) is 0 Å². The minimum absolute atomic E-state index is 0.0710. The van der Waals surface area contributed by atoms with E-state index < -0.39 is 21.6 Å². The Bertz CT molecular complexity index is 189. The van der Waals surface area contributed by atoms with Crippen LogP contribution in [0.2, 0.25) is 0 Å². The SMILES string of the molecule is O=C(Cl)CC(CC(=O)Cl)CC(=O)Cl. The van der Waals surface area contributed by atoms with Crippen LogP contribution in [0.1, 0.15) is 19.3 Å². The second-order valence-corrected chi connectivity index (χ2v) is 3.81. The van der Waals surface area contributed by atoms with E-state index in [2.05, 4.69) is 0 Å². The molecular formula is C7H7Cl3O3. The number of carbonyl (C=O) groups excluding carboxylic acids is 3. The van der Waals surface area contributed by atoms with E-state index in [1.807, 2.05) is 0 Å². The molecule has 0 N–H and O–H groups in total. The van der Waals surface area contributed by atoms with Crippen molar-refractivity contribution < 1.29 is 14.4 Å². The van der Waals surface area contributed by atoms with Crippen LogP contribution >= 0.6 is 34.8 Å². The lowest BCUT2D eigenvalue weighted by molar-refractivity contribution is -0.115. The monoisotopic (exact) mass is 244 g/mol. The quantitative estimate of drug-likeness (QED) is 0.673. The molecule has 0 aromatic carbocycles. The van der Waals surface area contributed by atoms with Gasteiger partial charge in [-0.3, -0.25) is 14.4 Å². The normalized spacial score (nSPS) is 10.2. The predicted octanol–water partition coefficient (Wildman–Crippen LogP) is 2.07. The third kappa shape index (κ3) is 8.22. The number of hydrogen-bond donors (Lipinski definition) is 0. The van der Waals surface area contributed by atoms with Gasteiger partial charge in [-0.1, -0.05) is 0 Å². The molecule has 0 fully saturated rings. The highest BCUT2D eigenvalue weighted by atomic mass is 35.5. The molecule has 0 saturated heterocycles. The maximum absolute atomic E-state index is 10.5. The summed E-state index contributed by atoms with van der Waals surface area (Å²) in [7, 11) is 0. The Kier molecular flexibility index (Phi) is 6.29. The first-order valence-corrected chi connectivity index (χ1v) is 4.60. The molecule has 0 saturated carbocycles. The van der Waals surface area contributed by atoms with E-state index in [1.54, 1.807) is 0 Å². The maximum Gasteiger partial charge on any atom is 0.221 e. The second kappa shape index (κ2) is 6.35. The average molecular weight is 245 g/mol. The van der Waals surface area contributed by atoms with Crippen molar-refractivity contribution in [3.8, 4) is 0 Å². The van der Waals surface area contributed by atoms with Crippen LogP contribution in [0.3, 0.4) is 0 Å². The van der Waals surface area contributed by atoms with Gasteiger partial charge in [-0.2, -0.15) is 0 Å². The first-order valence-electron chi connectivity index (χ1n) is 3.46. The van der Waals surface area contributed by atoms with Crippen LogP contribution in [-0.4, -0.2) is 15.7 Å². The summed E-state index contributed by atoms with van der Waals surface area (Å²) in [6.45, 7) is 0. The Morgan fingerprint density at radius 1 is 0.769 bits per heavy atom. The molecule has 0 aliphatic rings. The summed E-state index contributed by atoms with van der Waals surface area (Å²) in [6.07, 6.45) is -0.213. The maximum atomic E-state index is 10.5. The second-order valence-electron chi connectivity index (χ2n) is 2.54. The Morgan fingerprint density at radius 3 is 1.15 bits per heavy atom. The van der Waals surface area contributed by atoms with E-state index in [9.17, 15) is 14.4 Å². The fourth-order valence-electron chi connectivity index (χ4n) is 0.897. The Labute approximate surface area is 90.3 Å². The predicted molar refractivity (Wildman–Crippen MR) is 49.9 cm³/mol. The molecule has 0 spiro atoms.